The fraction of sp³-hybridized carbons (Fsp3) is 0.667. The van der Waals surface area contributed by atoms with Crippen molar-refractivity contribution in [3.8, 4) is 6.07 Å². The number of anilines is 1. The van der Waals surface area contributed by atoms with E-state index >= 15 is 0 Å². The standard InChI is InChI=1S/C24H33F3N6O/c1-23(2,3)31-20(24(25,26)27)15-6-8-16(9-7-15)30-21-19-18(11-13-29-22(19)34)33(32-21)17(10-12-28)14-4-5-14/h6-9,14,17-21,30-32H,4-5,10-11,13H2,1-3H3,(H,29,34)/t17-,18?,19?,20?,21?/m0/s1. The molecule has 10 heteroatoms. The highest BCUT2D eigenvalue weighted by molar-refractivity contribution is 5.82. The van der Waals surface area contributed by atoms with Crippen molar-refractivity contribution in [2.45, 2.75) is 82.5 Å². The van der Waals surface area contributed by atoms with E-state index in [1.165, 1.54) is 12.1 Å². The lowest BCUT2D eigenvalue weighted by molar-refractivity contribution is -0.161. The van der Waals surface area contributed by atoms with Crippen molar-refractivity contribution < 1.29 is 18.0 Å². The highest BCUT2D eigenvalue weighted by Crippen LogP contribution is 2.41. The van der Waals surface area contributed by atoms with Crippen LogP contribution in [0.4, 0.5) is 18.9 Å². The van der Waals surface area contributed by atoms with Crippen LogP contribution in [0.5, 0.6) is 0 Å². The summed E-state index contributed by atoms with van der Waals surface area (Å²) in [7, 11) is 0. The first-order valence-corrected chi connectivity index (χ1v) is 11.9. The molecule has 3 aliphatic rings. The van der Waals surface area contributed by atoms with Gasteiger partial charge in [-0.3, -0.25) is 10.1 Å². The number of rotatable bonds is 7. The van der Waals surface area contributed by atoms with Crippen molar-refractivity contribution in [2.24, 2.45) is 11.8 Å². The van der Waals surface area contributed by atoms with Crippen molar-refractivity contribution in [1.29, 1.82) is 5.26 Å². The van der Waals surface area contributed by atoms with Crippen molar-refractivity contribution in [2.75, 3.05) is 11.9 Å². The maximum Gasteiger partial charge on any atom is 0.407 e. The summed E-state index contributed by atoms with van der Waals surface area (Å²) in [6, 6.07) is 6.69. The first-order valence-electron chi connectivity index (χ1n) is 11.9. The Bertz CT molecular complexity index is 919. The number of nitrogens with zero attached hydrogens (tertiary/aromatic N) is 2. The third kappa shape index (κ3) is 5.48. The number of amides is 1. The summed E-state index contributed by atoms with van der Waals surface area (Å²) in [4.78, 5) is 12.8. The second-order valence-corrected chi connectivity index (χ2v) is 10.6. The van der Waals surface area contributed by atoms with Gasteiger partial charge in [-0.25, -0.2) is 10.4 Å². The molecular weight excluding hydrogens is 445 g/mol. The number of hydrogen-bond donors (Lipinski definition) is 4. The maximum absolute atomic E-state index is 13.7. The quantitative estimate of drug-likeness (QED) is 0.480. The molecule has 1 aromatic rings. The SMILES string of the molecule is CC(C)(C)NC(c1ccc(NC2NN([C@@H](CC#N)C3CC3)C3CCNC(=O)C23)cc1)C(F)(F)F. The highest BCUT2D eigenvalue weighted by Gasteiger charge is 2.52. The van der Waals surface area contributed by atoms with E-state index in [-0.39, 0.29) is 29.5 Å². The van der Waals surface area contributed by atoms with Gasteiger partial charge in [0, 0.05) is 29.9 Å². The average Bonchev–Trinajstić information content (AvgIpc) is 3.52. The maximum atomic E-state index is 13.7. The minimum absolute atomic E-state index is 0.0323. The molecule has 0 radical (unpaired) electrons. The molecule has 5 atom stereocenters. The summed E-state index contributed by atoms with van der Waals surface area (Å²) in [5, 5.41) is 20.3. The van der Waals surface area contributed by atoms with Crippen LogP contribution >= 0.6 is 0 Å². The first kappa shape index (κ1) is 24.8. The van der Waals surface area contributed by atoms with Gasteiger partial charge in [0.05, 0.1) is 18.4 Å². The number of hydrogen-bond acceptors (Lipinski definition) is 6. The molecule has 2 saturated heterocycles. The fourth-order valence-electron chi connectivity index (χ4n) is 5.11. The molecule has 3 fully saturated rings. The van der Waals surface area contributed by atoms with Gasteiger partial charge in [0.1, 0.15) is 12.2 Å². The van der Waals surface area contributed by atoms with Crippen molar-refractivity contribution in [3.63, 3.8) is 0 Å². The van der Waals surface area contributed by atoms with Crippen LogP contribution < -0.4 is 21.4 Å². The van der Waals surface area contributed by atoms with Gasteiger partial charge < -0.3 is 10.6 Å². The fourth-order valence-corrected chi connectivity index (χ4v) is 5.11. The van der Waals surface area contributed by atoms with Gasteiger partial charge in [0.25, 0.3) is 0 Å². The topological polar surface area (TPSA) is 92.2 Å². The molecule has 0 spiro atoms. The van der Waals surface area contributed by atoms with Crippen molar-refractivity contribution in [1.82, 2.24) is 21.1 Å². The Morgan fingerprint density at radius 3 is 2.41 bits per heavy atom. The number of carbonyl (C=O) groups is 1. The Morgan fingerprint density at radius 1 is 1.18 bits per heavy atom. The lowest BCUT2D eigenvalue weighted by Crippen LogP contribution is -2.52. The predicted octanol–water partition coefficient (Wildman–Crippen LogP) is 3.43. The number of hydrazine groups is 1. The normalized spacial score (nSPS) is 27.4. The van der Waals surface area contributed by atoms with E-state index in [2.05, 4.69) is 32.5 Å². The zero-order chi connectivity index (χ0) is 24.7. The predicted molar refractivity (Wildman–Crippen MR) is 122 cm³/mol. The Morgan fingerprint density at radius 2 is 1.85 bits per heavy atom. The summed E-state index contributed by atoms with van der Waals surface area (Å²) in [6.45, 7) is 5.69. The number of benzene rings is 1. The molecule has 4 rings (SSSR count). The molecule has 1 saturated carbocycles. The van der Waals surface area contributed by atoms with Gasteiger partial charge in [-0.1, -0.05) is 12.1 Å². The van der Waals surface area contributed by atoms with Crippen molar-refractivity contribution >= 4 is 11.6 Å². The number of fused-ring (bicyclic) bond motifs is 1. The molecule has 1 aromatic carbocycles. The van der Waals surface area contributed by atoms with E-state index in [0.717, 1.165) is 19.3 Å². The summed E-state index contributed by atoms with van der Waals surface area (Å²) < 4.78 is 41.1. The molecule has 186 valence electrons. The summed E-state index contributed by atoms with van der Waals surface area (Å²) in [5.74, 6) is 0.0303. The smallest absolute Gasteiger partial charge is 0.368 e. The van der Waals surface area contributed by atoms with Gasteiger partial charge in [-0.15, -0.1) is 0 Å². The average molecular weight is 479 g/mol. The van der Waals surface area contributed by atoms with Gasteiger partial charge in [-0.05, 0) is 63.6 Å². The molecular formula is C24H33F3N6O. The summed E-state index contributed by atoms with van der Waals surface area (Å²) in [6.07, 6.45) is -1.51. The number of piperidine rings is 1. The number of nitrogens with one attached hydrogen (secondary N) is 4. The molecule has 34 heavy (non-hydrogen) atoms. The zero-order valence-corrected chi connectivity index (χ0v) is 19.7. The highest BCUT2D eigenvalue weighted by atomic mass is 19.4. The van der Waals surface area contributed by atoms with Crippen LogP contribution in [0.15, 0.2) is 24.3 Å². The monoisotopic (exact) mass is 478 g/mol. The number of alkyl halides is 3. The van der Waals surface area contributed by atoms with Crippen LogP contribution in [0.1, 0.15) is 58.1 Å². The summed E-state index contributed by atoms with van der Waals surface area (Å²) in [5.41, 5.74) is 3.47. The van der Waals surface area contributed by atoms with Gasteiger partial charge in [0.15, 0.2) is 0 Å². The van der Waals surface area contributed by atoms with E-state index in [4.69, 9.17) is 0 Å². The third-order valence-corrected chi connectivity index (χ3v) is 6.76. The van der Waals surface area contributed by atoms with Gasteiger partial charge in [0.2, 0.25) is 5.91 Å². The molecule has 2 heterocycles. The largest absolute Gasteiger partial charge is 0.407 e. The van der Waals surface area contributed by atoms with E-state index in [1.807, 2.05) is 0 Å². The second kappa shape index (κ2) is 9.36. The molecule has 7 nitrogen and oxygen atoms in total. The van der Waals surface area contributed by atoms with Crippen LogP contribution in [0.25, 0.3) is 0 Å². The minimum atomic E-state index is -4.43. The third-order valence-electron chi connectivity index (χ3n) is 6.76. The molecule has 2 aliphatic heterocycles. The molecule has 0 aromatic heterocycles. The van der Waals surface area contributed by atoms with E-state index in [0.29, 0.717) is 24.6 Å². The zero-order valence-electron chi connectivity index (χ0n) is 19.7. The molecule has 1 aliphatic carbocycles. The van der Waals surface area contributed by atoms with Crippen LogP contribution in [-0.2, 0) is 4.79 Å². The van der Waals surface area contributed by atoms with Crippen LogP contribution in [0.3, 0.4) is 0 Å². The van der Waals surface area contributed by atoms with Gasteiger partial charge >= 0.3 is 6.18 Å². The molecule has 1 amide bonds. The Labute approximate surface area is 198 Å². The second-order valence-electron chi connectivity index (χ2n) is 10.6. The molecule has 4 N–H and O–H groups in total. The van der Waals surface area contributed by atoms with Crippen molar-refractivity contribution in [3.05, 3.63) is 29.8 Å². The lowest BCUT2D eigenvalue weighted by atomic mass is 9.90. The first-order chi connectivity index (χ1) is 16.0. The lowest BCUT2D eigenvalue weighted by Gasteiger charge is -2.34. The van der Waals surface area contributed by atoms with Crippen LogP contribution in [0, 0.1) is 23.2 Å². The minimum Gasteiger partial charge on any atom is -0.368 e. The molecule has 4 unspecified atom stereocenters. The number of carbonyl (C=O) groups excluding carboxylic acids is 1. The Hall–Kier alpha value is -2.35. The van der Waals surface area contributed by atoms with Crippen LogP contribution in [0.2, 0.25) is 0 Å². The Kier molecular flexibility index (Phi) is 6.82. The summed E-state index contributed by atoms with van der Waals surface area (Å²) >= 11 is 0. The molecule has 0 bridgehead atoms. The van der Waals surface area contributed by atoms with Crippen LogP contribution in [-0.4, -0.2) is 47.4 Å². The number of halogens is 3. The van der Waals surface area contributed by atoms with Gasteiger partial charge in [-0.2, -0.15) is 18.4 Å². The van der Waals surface area contributed by atoms with E-state index in [9.17, 15) is 23.2 Å². The number of nitriles is 1. The Balaban J connectivity index is 1.52. The van der Waals surface area contributed by atoms with E-state index in [1.54, 1.807) is 32.9 Å². The van der Waals surface area contributed by atoms with E-state index < -0.39 is 23.9 Å².